The van der Waals surface area contributed by atoms with Gasteiger partial charge in [-0.25, -0.2) is 9.78 Å². The molecule has 0 unspecified atom stereocenters. The third kappa shape index (κ3) is 1.31. The molecule has 4 nitrogen and oxygen atoms in total. The molecule has 5 heteroatoms. The van der Waals surface area contributed by atoms with Crippen LogP contribution in [-0.2, 0) is 0 Å². The number of nitrogens with zero attached hydrogens (tertiary/aromatic N) is 1. The molecule has 0 aliphatic carbocycles. The summed E-state index contributed by atoms with van der Waals surface area (Å²) in [5.74, 6) is -0.975. The molecule has 2 rings (SSSR count). The third-order valence-electron chi connectivity index (χ3n) is 1.72. The first-order valence-electron chi connectivity index (χ1n) is 3.55. The lowest BCUT2D eigenvalue weighted by molar-refractivity contribution is 0.0699. The van der Waals surface area contributed by atoms with Crippen LogP contribution >= 0.6 is 15.9 Å². The second kappa shape index (κ2) is 2.85. The number of carboxylic acid groups (broad SMARTS) is 1. The molecule has 0 aliphatic rings. The first kappa shape index (κ1) is 8.25. The number of aromatic amines is 1. The van der Waals surface area contributed by atoms with Gasteiger partial charge in [0.05, 0.1) is 5.52 Å². The number of fused-ring (bicyclic) bond motifs is 1. The maximum atomic E-state index is 10.7. The Kier molecular flexibility index (Phi) is 1.81. The molecule has 2 N–H and O–H groups in total. The molecule has 0 radical (unpaired) electrons. The largest absolute Gasteiger partial charge is 0.478 e. The van der Waals surface area contributed by atoms with Gasteiger partial charge >= 0.3 is 5.97 Å². The van der Waals surface area contributed by atoms with Crippen LogP contribution in [0.3, 0.4) is 0 Å². The smallest absolute Gasteiger partial charge is 0.339 e. The summed E-state index contributed by atoms with van der Waals surface area (Å²) in [6.07, 6.45) is 1.44. The molecule has 13 heavy (non-hydrogen) atoms. The minimum absolute atomic E-state index is 0.191. The van der Waals surface area contributed by atoms with E-state index in [0.29, 0.717) is 10.1 Å². The third-order valence-corrected chi connectivity index (χ3v) is 2.16. The van der Waals surface area contributed by atoms with Crippen LogP contribution in [0, 0.1) is 0 Å². The number of hydrogen-bond acceptors (Lipinski definition) is 2. The van der Waals surface area contributed by atoms with Crippen LogP contribution < -0.4 is 0 Å². The van der Waals surface area contributed by atoms with Crippen molar-refractivity contribution in [2.24, 2.45) is 0 Å². The van der Waals surface area contributed by atoms with Crippen LogP contribution in [-0.4, -0.2) is 21.0 Å². The molecule has 0 amide bonds. The standard InChI is InChI=1S/C8H5BrN2O2/c9-6-2-1-5-7(11-6)4(3-10-5)8(12)13/h1-3,10H,(H,12,13). The van der Waals surface area contributed by atoms with E-state index in [4.69, 9.17) is 5.11 Å². The molecule has 0 saturated carbocycles. The first-order chi connectivity index (χ1) is 6.18. The van der Waals surface area contributed by atoms with E-state index in [0.717, 1.165) is 5.52 Å². The maximum absolute atomic E-state index is 10.7. The fraction of sp³-hybridized carbons (Fsp3) is 0. The van der Waals surface area contributed by atoms with Crippen molar-refractivity contribution in [2.75, 3.05) is 0 Å². The monoisotopic (exact) mass is 240 g/mol. The summed E-state index contributed by atoms with van der Waals surface area (Å²) < 4.78 is 0.627. The highest BCUT2D eigenvalue weighted by atomic mass is 79.9. The molecule has 0 aliphatic heterocycles. The topological polar surface area (TPSA) is 66.0 Å². The minimum Gasteiger partial charge on any atom is -0.478 e. The zero-order valence-electron chi connectivity index (χ0n) is 6.41. The van der Waals surface area contributed by atoms with Crippen molar-refractivity contribution in [3.63, 3.8) is 0 Å². The predicted molar refractivity (Wildman–Crippen MR) is 50.8 cm³/mol. The second-order valence-electron chi connectivity index (χ2n) is 2.54. The highest BCUT2D eigenvalue weighted by Crippen LogP contribution is 2.18. The van der Waals surface area contributed by atoms with Crippen molar-refractivity contribution in [3.05, 3.63) is 28.5 Å². The Labute approximate surface area is 81.7 Å². The van der Waals surface area contributed by atoms with Crippen LogP contribution in [0.1, 0.15) is 10.4 Å². The van der Waals surface area contributed by atoms with Gasteiger partial charge in [0.15, 0.2) is 0 Å². The van der Waals surface area contributed by atoms with Crippen molar-refractivity contribution in [3.8, 4) is 0 Å². The van der Waals surface area contributed by atoms with Crippen LogP contribution in [0.2, 0.25) is 0 Å². The Bertz CT molecular complexity index is 478. The maximum Gasteiger partial charge on any atom is 0.339 e. The number of halogens is 1. The average molecular weight is 241 g/mol. The summed E-state index contributed by atoms with van der Waals surface area (Å²) >= 11 is 3.18. The fourth-order valence-corrected chi connectivity index (χ4v) is 1.45. The van der Waals surface area contributed by atoms with E-state index < -0.39 is 5.97 Å². The molecular formula is C8H5BrN2O2. The van der Waals surface area contributed by atoms with Crippen molar-refractivity contribution in [1.82, 2.24) is 9.97 Å². The summed E-state index contributed by atoms with van der Waals surface area (Å²) in [5.41, 5.74) is 1.39. The lowest BCUT2D eigenvalue weighted by atomic mass is 10.3. The van der Waals surface area contributed by atoms with E-state index in [1.165, 1.54) is 6.20 Å². The zero-order valence-corrected chi connectivity index (χ0v) is 8.00. The quantitative estimate of drug-likeness (QED) is 0.750. The van der Waals surface area contributed by atoms with Gasteiger partial charge in [0.2, 0.25) is 0 Å². The Morgan fingerprint density at radius 2 is 2.31 bits per heavy atom. The number of H-pyrrole nitrogens is 1. The van der Waals surface area contributed by atoms with Gasteiger partial charge in [-0.15, -0.1) is 0 Å². The summed E-state index contributed by atoms with van der Waals surface area (Å²) in [5, 5.41) is 8.79. The number of rotatable bonds is 1. The molecule has 0 fully saturated rings. The first-order valence-corrected chi connectivity index (χ1v) is 4.34. The number of carboxylic acids is 1. The predicted octanol–water partition coefficient (Wildman–Crippen LogP) is 2.02. The Hall–Kier alpha value is -1.36. The van der Waals surface area contributed by atoms with Gasteiger partial charge in [-0.1, -0.05) is 0 Å². The summed E-state index contributed by atoms with van der Waals surface area (Å²) in [4.78, 5) is 17.6. The van der Waals surface area contributed by atoms with Gasteiger partial charge < -0.3 is 10.1 Å². The van der Waals surface area contributed by atoms with Gasteiger partial charge in [0, 0.05) is 6.20 Å². The number of pyridine rings is 1. The zero-order chi connectivity index (χ0) is 9.42. The number of hydrogen-bond donors (Lipinski definition) is 2. The molecule has 2 aromatic rings. The molecule has 2 aromatic heterocycles. The molecule has 66 valence electrons. The van der Waals surface area contributed by atoms with E-state index >= 15 is 0 Å². The van der Waals surface area contributed by atoms with Gasteiger partial charge in [0.1, 0.15) is 15.7 Å². The van der Waals surface area contributed by atoms with Crippen molar-refractivity contribution < 1.29 is 9.90 Å². The second-order valence-corrected chi connectivity index (χ2v) is 3.35. The highest BCUT2D eigenvalue weighted by Gasteiger charge is 2.11. The molecule has 0 atom stereocenters. The molecule has 0 bridgehead atoms. The number of aromatic carboxylic acids is 1. The van der Waals surface area contributed by atoms with Crippen LogP contribution in [0.15, 0.2) is 22.9 Å². The normalized spacial score (nSPS) is 10.5. The molecule has 0 spiro atoms. The molecule has 0 saturated heterocycles. The molecule has 2 heterocycles. The molecular weight excluding hydrogens is 236 g/mol. The molecule has 0 aromatic carbocycles. The van der Waals surface area contributed by atoms with E-state index in [1.54, 1.807) is 12.1 Å². The summed E-state index contributed by atoms with van der Waals surface area (Å²) in [6, 6.07) is 3.53. The SMILES string of the molecule is O=C(O)c1c[nH]c2ccc(Br)nc12. The van der Waals surface area contributed by atoms with E-state index in [1.807, 2.05) is 0 Å². The Morgan fingerprint density at radius 1 is 1.54 bits per heavy atom. The van der Waals surface area contributed by atoms with Crippen LogP contribution in [0.5, 0.6) is 0 Å². The summed E-state index contributed by atoms with van der Waals surface area (Å²) in [6.45, 7) is 0. The van der Waals surface area contributed by atoms with Crippen molar-refractivity contribution >= 4 is 32.9 Å². The van der Waals surface area contributed by atoms with Gasteiger partial charge in [-0.3, -0.25) is 0 Å². The van der Waals surface area contributed by atoms with E-state index in [2.05, 4.69) is 25.9 Å². The number of carbonyl (C=O) groups is 1. The van der Waals surface area contributed by atoms with E-state index in [9.17, 15) is 4.79 Å². The summed E-state index contributed by atoms with van der Waals surface area (Å²) in [7, 11) is 0. The lowest BCUT2D eigenvalue weighted by Crippen LogP contribution is -1.94. The average Bonchev–Trinajstić information content (AvgIpc) is 2.46. The van der Waals surface area contributed by atoms with Crippen molar-refractivity contribution in [1.29, 1.82) is 0 Å². The van der Waals surface area contributed by atoms with E-state index in [-0.39, 0.29) is 5.56 Å². The van der Waals surface area contributed by atoms with Crippen LogP contribution in [0.4, 0.5) is 0 Å². The number of nitrogens with one attached hydrogen (secondary N) is 1. The Morgan fingerprint density at radius 3 is 3.00 bits per heavy atom. The Balaban J connectivity index is 2.79. The van der Waals surface area contributed by atoms with Crippen molar-refractivity contribution in [2.45, 2.75) is 0 Å². The number of aromatic nitrogens is 2. The van der Waals surface area contributed by atoms with Gasteiger partial charge in [-0.05, 0) is 28.1 Å². The van der Waals surface area contributed by atoms with Crippen LogP contribution in [0.25, 0.3) is 11.0 Å². The van der Waals surface area contributed by atoms with Gasteiger partial charge in [-0.2, -0.15) is 0 Å². The minimum atomic E-state index is -0.975. The fourth-order valence-electron chi connectivity index (χ4n) is 1.14. The highest BCUT2D eigenvalue weighted by molar-refractivity contribution is 9.10. The van der Waals surface area contributed by atoms with Gasteiger partial charge in [0.25, 0.3) is 0 Å². The lowest BCUT2D eigenvalue weighted by Gasteiger charge is -1.92.